The molecule has 4 nitrogen and oxygen atoms in total. The van der Waals surface area contributed by atoms with Crippen molar-refractivity contribution in [2.75, 3.05) is 32.7 Å². The Bertz CT molecular complexity index is 269. The van der Waals surface area contributed by atoms with Crippen LogP contribution in [0.1, 0.15) is 33.1 Å². The highest BCUT2D eigenvalue weighted by Crippen LogP contribution is 2.19. The number of carbonyl (C=O) groups is 1. The highest BCUT2D eigenvalue weighted by Gasteiger charge is 2.32. The lowest BCUT2D eigenvalue weighted by Crippen LogP contribution is -2.57. The Morgan fingerprint density at radius 3 is 2.88 bits per heavy atom. The second-order valence-corrected chi connectivity index (χ2v) is 5.28. The Kier molecular flexibility index (Phi) is 4.40. The molecular weight excluding hydrogens is 214 g/mol. The van der Waals surface area contributed by atoms with Crippen LogP contribution in [0.4, 0.5) is 0 Å². The fourth-order valence-corrected chi connectivity index (χ4v) is 2.99. The summed E-state index contributed by atoms with van der Waals surface area (Å²) in [6, 6.07) is 0.588. The Balaban J connectivity index is 1.97. The molecule has 1 N–H and O–H groups in total. The van der Waals surface area contributed by atoms with Crippen LogP contribution in [0.15, 0.2) is 0 Å². The highest BCUT2D eigenvalue weighted by atomic mass is 16.2. The lowest BCUT2D eigenvalue weighted by atomic mass is 10.0. The molecule has 0 saturated carbocycles. The first kappa shape index (κ1) is 12.8. The summed E-state index contributed by atoms with van der Waals surface area (Å²) in [5.74, 6) is 0.361. The smallest absolute Gasteiger partial charge is 0.240 e. The number of piperazine rings is 1. The first-order valence-electron chi connectivity index (χ1n) is 6.98. The minimum Gasteiger partial charge on any atom is -0.339 e. The Labute approximate surface area is 104 Å². The summed E-state index contributed by atoms with van der Waals surface area (Å²) in [5, 5.41) is 3.39. The summed E-state index contributed by atoms with van der Waals surface area (Å²) in [6.07, 6.45) is 3.50. The van der Waals surface area contributed by atoms with Crippen molar-refractivity contribution in [2.45, 2.75) is 45.2 Å². The molecule has 0 aromatic carbocycles. The van der Waals surface area contributed by atoms with E-state index in [0.29, 0.717) is 11.9 Å². The largest absolute Gasteiger partial charge is 0.339 e. The molecule has 1 unspecified atom stereocenters. The van der Waals surface area contributed by atoms with Gasteiger partial charge in [-0.25, -0.2) is 0 Å². The molecule has 17 heavy (non-hydrogen) atoms. The van der Waals surface area contributed by atoms with Crippen molar-refractivity contribution in [3.63, 3.8) is 0 Å². The summed E-state index contributed by atoms with van der Waals surface area (Å²) in [5.41, 5.74) is 0. The predicted octanol–water partition coefficient (Wildman–Crippen LogP) is 0.681. The van der Waals surface area contributed by atoms with Gasteiger partial charge in [-0.1, -0.05) is 13.3 Å². The maximum atomic E-state index is 12.5. The standard InChI is InChI=1S/C13H25N3O/c1-3-15-8-5-4-6-12(15)13(17)16-9-7-14-11(2)10-16/h11-12,14H,3-10H2,1-2H3/t11-,12?/m1/s1. The van der Waals surface area contributed by atoms with E-state index >= 15 is 0 Å². The van der Waals surface area contributed by atoms with E-state index in [1.165, 1.54) is 12.8 Å². The first-order valence-corrected chi connectivity index (χ1v) is 6.98. The van der Waals surface area contributed by atoms with Crippen LogP contribution in [-0.4, -0.2) is 60.5 Å². The molecule has 0 radical (unpaired) electrons. The monoisotopic (exact) mass is 239 g/mol. The molecule has 2 rings (SSSR count). The van der Waals surface area contributed by atoms with Crippen molar-refractivity contribution in [1.29, 1.82) is 0 Å². The first-order chi connectivity index (χ1) is 8.22. The average molecular weight is 239 g/mol. The number of likely N-dealkylation sites (tertiary alicyclic amines) is 1. The number of piperidine rings is 1. The SMILES string of the molecule is CCN1CCCCC1C(=O)N1CCN[C@H](C)C1. The van der Waals surface area contributed by atoms with Gasteiger partial charge in [0.1, 0.15) is 0 Å². The normalized spacial score (nSPS) is 31.5. The molecule has 2 fully saturated rings. The zero-order valence-corrected chi connectivity index (χ0v) is 11.1. The minimum atomic E-state index is 0.152. The highest BCUT2D eigenvalue weighted by molar-refractivity contribution is 5.82. The number of carbonyl (C=O) groups excluding carboxylic acids is 1. The number of likely N-dealkylation sites (N-methyl/N-ethyl adjacent to an activating group) is 1. The van der Waals surface area contributed by atoms with Crippen LogP contribution in [0.25, 0.3) is 0 Å². The van der Waals surface area contributed by atoms with E-state index in [-0.39, 0.29) is 6.04 Å². The second kappa shape index (κ2) is 5.83. The van der Waals surface area contributed by atoms with Crippen LogP contribution in [0, 0.1) is 0 Å². The Hall–Kier alpha value is -0.610. The van der Waals surface area contributed by atoms with Gasteiger partial charge in [0.25, 0.3) is 0 Å². The van der Waals surface area contributed by atoms with Crippen LogP contribution in [0.5, 0.6) is 0 Å². The lowest BCUT2D eigenvalue weighted by molar-refractivity contribution is -0.139. The van der Waals surface area contributed by atoms with Gasteiger partial charge in [-0.05, 0) is 32.9 Å². The van der Waals surface area contributed by atoms with E-state index in [1.807, 2.05) is 0 Å². The van der Waals surface area contributed by atoms with Crippen LogP contribution in [0.3, 0.4) is 0 Å². The van der Waals surface area contributed by atoms with E-state index < -0.39 is 0 Å². The lowest BCUT2D eigenvalue weighted by Gasteiger charge is -2.39. The van der Waals surface area contributed by atoms with Gasteiger partial charge in [-0.15, -0.1) is 0 Å². The van der Waals surface area contributed by atoms with Gasteiger partial charge < -0.3 is 10.2 Å². The molecule has 4 heteroatoms. The van der Waals surface area contributed by atoms with Crippen molar-refractivity contribution in [3.8, 4) is 0 Å². The quantitative estimate of drug-likeness (QED) is 0.770. The maximum Gasteiger partial charge on any atom is 0.240 e. The van der Waals surface area contributed by atoms with Crippen LogP contribution < -0.4 is 5.32 Å². The molecule has 0 bridgehead atoms. The summed E-state index contributed by atoms with van der Waals surface area (Å²) in [7, 11) is 0. The van der Waals surface area contributed by atoms with E-state index in [1.54, 1.807) is 0 Å². The van der Waals surface area contributed by atoms with E-state index in [4.69, 9.17) is 0 Å². The molecule has 0 aliphatic carbocycles. The Morgan fingerprint density at radius 2 is 2.18 bits per heavy atom. The van der Waals surface area contributed by atoms with E-state index in [0.717, 1.165) is 39.1 Å². The number of rotatable bonds is 2. The van der Waals surface area contributed by atoms with Crippen molar-refractivity contribution < 1.29 is 4.79 Å². The number of hydrogen-bond acceptors (Lipinski definition) is 3. The molecule has 2 saturated heterocycles. The fourth-order valence-electron chi connectivity index (χ4n) is 2.99. The van der Waals surface area contributed by atoms with Gasteiger partial charge in [-0.2, -0.15) is 0 Å². The van der Waals surface area contributed by atoms with Gasteiger partial charge >= 0.3 is 0 Å². The number of nitrogens with one attached hydrogen (secondary N) is 1. The zero-order valence-electron chi connectivity index (χ0n) is 11.1. The topological polar surface area (TPSA) is 35.6 Å². The van der Waals surface area contributed by atoms with E-state index in [9.17, 15) is 4.79 Å². The van der Waals surface area contributed by atoms with Crippen molar-refractivity contribution in [2.24, 2.45) is 0 Å². The zero-order chi connectivity index (χ0) is 12.3. The molecule has 0 aromatic heterocycles. The molecule has 1 amide bonds. The minimum absolute atomic E-state index is 0.152. The van der Waals surface area contributed by atoms with Crippen molar-refractivity contribution in [1.82, 2.24) is 15.1 Å². The number of nitrogens with zero attached hydrogens (tertiary/aromatic N) is 2. The third kappa shape index (κ3) is 2.99. The van der Waals surface area contributed by atoms with Crippen LogP contribution in [0.2, 0.25) is 0 Å². The summed E-state index contributed by atoms with van der Waals surface area (Å²) < 4.78 is 0. The van der Waals surface area contributed by atoms with Crippen LogP contribution >= 0.6 is 0 Å². The molecule has 2 atom stereocenters. The number of amides is 1. The van der Waals surface area contributed by atoms with E-state index in [2.05, 4.69) is 29.0 Å². The third-order valence-corrected chi connectivity index (χ3v) is 3.99. The summed E-state index contributed by atoms with van der Waals surface area (Å²) in [6.45, 7) is 9.08. The second-order valence-electron chi connectivity index (χ2n) is 5.28. The van der Waals surface area contributed by atoms with Crippen molar-refractivity contribution in [3.05, 3.63) is 0 Å². The molecule has 2 aliphatic rings. The van der Waals surface area contributed by atoms with Crippen molar-refractivity contribution >= 4 is 5.91 Å². The van der Waals surface area contributed by atoms with Gasteiger partial charge in [0, 0.05) is 25.7 Å². The van der Waals surface area contributed by atoms with Gasteiger partial charge in [0.05, 0.1) is 6.04 Å². The van der Waals surface area contributed by atoms with Gasteiger partial charge in [0.2, 0.25) is 5.91 Å². The summed E-state index contributed by atoms with van der Waals surface area (Å²) >= 11 is 0. The fraction of sp³-hybridized carbons (Fsp3) is 0.923. The molecule has 0 spiro atoms. The molecule has 2 heterocycles. The summed E-state index contributed by atoms with van der Waals surface area (Å²) in [4.78, 5) is 16.9. The van der Waals surface area contributed by atoms with Crippen LogP contribution in [-0.2, 0) is 4.79 Å². The molecular formula is C13H25N3O. The predicted molar refractivity (Wildman–Crippen MR) is 68.9 cm³/mol. The van der Waals surface area contributed by atoms with Gasteiger partial charge in [-0.3, -0.25) is 9.69 Å². The maximum absolute atomic E-state index is 12.5. The molecule has 0 aromatic rings. The molecule has 98 valence electrons. The third-order valence-electron chi connectivity index (χ3n) is 3.99. The van der Waals surface area contributed by atoms with Gasteiger partial charge in [0.15, 0.2) is 0 Å². The number of hydrogen-bond donors (Lipinski definition) is 1. The average Bonchev–Trinajstić information content (AvgIpc) is 2.38. The Morgan fingerprint density at radius 1 is 1.35 bits per heavy atom. The molecule has 2 aliphatic heterocycles.